The summed E-state index contributed by atoms with van der Waals surface area (Å²) in [6.45, 7) is 0. The fraction of sp³-hybridized carbons (Fsp3) is 0.286. The van der Waals surface area contributed by atoms with E-state index in [1.165, 1.54) is 12.2 Å². The molecule has 8 heteroatoms. The van der Waals surface area contributed by atoms with Gasteiger partial charge >= 0.3 is 45.6 Å². The summed E-state index contributed by atoms with van der Waals surface area (Å²) in [4.78, 5) is 10.8. The van der Waals surface area contributed by atoms with Gasteiger partial charge in [0.2, 0.25) is 1.43 Å². The number of hydrogen-bond donors (Lipinski definition) is 1. The summed E-state index contributed by atoms with van der Waals surface area (Å²) in [5.74, 6) is -2.96. The van der Waals surface area contributed by atoms with E-state index < -0.39 is 52.9 Å². The van der Waals surface area contributed by atoms with E-state index in [9.17, 15) is 17.1 Å². The minimum atomic E-state index is -4.31. The van der Waals surface area contributed by atoms with E-state index in [0.717, 1.165) is 12.2 Å². The van der Waals surface area contributed by atoms with Crippen molar-refractivity contribution in [2.45, 2.75) is 1.43 Å². The second-order valence-electron chi connectivity index (χ2n) is 2.67. The van der Waals surface area contributed by atoms with Crippen LogP contribution in [0.15, 0.2) is 24.3 Å². The Morgan fingerprint density at radius 1 is 1.13 bits per heavy atom. The number of alkyl halides is 2. The van der Waals surface area contributed by atoms with E-state index in [0.29, 0.717) is 0 Å². The zero-order valence-corrected chi connectivity index (χ0v) is 11.4. The first-order valence-electron chi connectivity index (χ1n) is 3.62. The van der Waals surface area contributed by atoms with Crippen LogP contribution in [0, 0.1) is 5.92 Å². The Bertz CT molecular complexity index is 444. The summed E-state index contributed by atoms with van der Waals surface area (Å²) in [7, 11) is 0. The van der Waals surface area contributed by atoms with E-state index >= 15 is 0 Å². The fourth-order valence-corrected chi connectivity index (χ4v) is 6.32. The van der Waals surface area contributed by atoms with Gasteiger partial charge in [0.15, 0.2) is 0 Å². The second kappa shape index (κ2) is 4.63. The Balaban J connectivity index is 3.46. The molecule has 0 heterocycles. The van der Waals surface area contributed by atoms with Crippen LogP contribution in [-0.2, 0) is 17.1 Å². The van der Waals surface area contributed by atoms with Gasteiger partial charge in [-0.25, -0.2) is 12.3 Å². The van der Waals surface area contributed by atoms with Gasteiger partial charge in [-0.05, 0) is 6.08 Å². The Labute approximate surface area is 98.7 Å². The summed E-state index contributed by atoms with van der Waals surface area (Å²) in [5.41, 5.74) is 0. The fourth-order valence-electron chi connectivity index (χ4n) is 1.18. The molecule has 0 spiro atoms. The van der Waals surface area contributed by atoms with Crippen LogP contribution in [0.5, 0.6) is 0 Å². The van der Waals surface area contributed by atoms with Crippen molar-refractivity contribution in [3.05, 3.63) is 24.3 Å². The van der Waals surface area contributed by atoms with E-state index in [-0.39, 0.29) is 0 Å². The van der Waals surface area contributed by atoms with Crippen molar-refractivity contribution in [1.29, 1.82) is 0 Å². The van der Waals surface area contributed by atoms with E-state index in [1.54, 1.807) is 0 Å². The first-order valence-corrected chi connectivity index (χ1v) is 9.30. The van der Waals surface area contributed by atoms with Gasteiger partial charge in [0.1, 0.15) is 5.92 Å². The van der Waals surface area contributed by atoms with Crippen LogP contribution < -0.4 is 0 Å². The van der Waals surface area contributed by atoms with Gasteiger partial charge in [0, 0.05) is 0 Å². The highest BCUT2D eigenvalue weighted by atomic mass is 127. The third kappa shape index (κ3) is 2.09. The lowest BCUT2D eigenvalue weighted by atomic mass is 10.0. The molecule has 1 atom stereocenters. The monoisotopic (exact) mass is 440 g/mol. The number of hydrogen-bond acceptors (Lipinski definition) is 5. The number of allylic oxidation sites excluding steroid dienone is 3. The zero-order chi connectivity index (χ0) is 11.6. The first-order chi connectivity index (χ1) is 6.93. The number of carboxylic acids is 1. The summed E-state index contributed by atoms with van der Waals surface area (Å²) in [5, 5.41) is 8.78. The number of carboxylic acid groups (broad SMARTS) is 1. The minimum absolute atomic E-state index is 0.960. The van der Waals surface area contributed by atoms with Crippen LogP contribution in [0.3, 0.4) is 0 Å². The molecule has 0 bridgehead atoms. The van der Waals surface area contributed by atoms with Crippen LogP contribution in [0.2, 0.25) is 0 Å². The number of rotatable bonds is 3. The quantitative estimate of drug-likeness (QED) is 0.531. The molecule has 0 amide bonds. The van der Waals surface area contributed by atoms with Gasteiger partial charge < -0.3 is 5.11 Å². The van der Waals surface area contributed by atoms with Gasteiger partial charge in [-0.3, -0.25) is 4.79 Å². The van der Waals surface area contributed by atoms with Crippen LogP contribution in [0.1, 0.15) is 0 Å². The van der Waals surface area contributed by atoms with Gasteiger partial charge in [-0.15, -0.1) is 0 Å². The van der Waals surface area contributed by atoms with Crippen molar-refractivity contribution in [1.82, 2.24) is 0 Å². The Morgan fingerprint density at radius 3 is 2.00 bits per heavy atom. The van der Waals surface area contributed by atoms with Crippen LogP contribution in [0.4, 0.5) is 0 Å². The number of halogens is 2. The molecule has 1 aliphatic rings. The predicted octanol–water partition coefficient (Wildman–Crippen LogP) is 1.90. The number of aliphatic carboxylic acids is 1. The van der Waals surface area contributed by atoms with Gasteiger partial charge in [0.05, 0.1) is 0 Å². The number of carbonyl (C=O) groups is 1. The second-order valence-corrected chi connectivity index (χ2v) is 10.8. The van der Waals surface area contributed by atoms with Crippen molar-refractivity contribution in [3.8, 4) is 0 Å². The van der Waals surface area contributed by atoms with E-state index in [1.807, 2.05) is 0 Å². The van der Waals surface area contributed by atoms with E-state index in [2.05, 4.69) is 0 Å². The summed E-state index contributed by atoms with van der Waals surface area (Å²) in [6.07, 6.45) is 4.63. The molecule has 0 aromatic rings. The van der Waals surface area contributed by atoms with Crippen molar-refractivity contribution in [3.63, 3.8) is 0 Å². The molecule has 84 valence electrons. The van der Waals surface area contributed by atoms with Crippen molar-refractivity contribution in [2.75, 3.05) is 0 Å². The molecule has 1 N–H and O–H groups in total. The maximum atomic E-state index is 11.1. The van der Waals surface area contributed by atoms with Gasteiger partial charge in [-0.2, -0.15) is 0 Å². The molecule has 1 unspecified atom stereocenters. The summed E-state index contributed by atoms with van der Waals surface area (Å²) in [6, 6.07) is 0. The Morgan fingerprint density at radius 2 is 1.67 bits per heavy atom. The van der Waals surface area contributed by atoms with Gasteiger partial charge in [0.25, 0.3) is 0 Å². The molecule has 1 rings (SSSR count). The molecule has 0 aromatic heterocycles. The smallest absolute Gasteiger partial charge is 0.334 e. The topological polar surface area (TPSA) is 106 Å². The van der Waals surface area contributed by atoms with Crippen LogP contribution in [0.25, 0.3) is 0 Å². The normalized spacial score (nSPS) is 23.5. The summed E-state index contributed by atoms with van der Waals surface area (Å²) >= 11 is -8.63. The molecule has 6 nitrogen and oxygen atoms in total. The lowest BCUT2D eigenvalue weighted by molar-refractivity contribution is -0.139. The summed E-state index contributed by atoms with van der Waals surface area (Å²) < 4.78 is 42.1. The largest absolute Gasteiger partial charge is 0.481 e. The van der Waals surface area contributed by atoms with Crippen LogP contribution >= 0.6 is 39.6 Å². The lowest BCUT2D eigenvalue weighted by Gasteiger charge is -2.21. The SMILES string of the molecule is O=C(O)C1C=CC=CC1(I(=O)=O)I(=O)=O. The third-order valence-corrected chi connectivity index (χ3v) is 11.1. The van der Waals surface area contributed by atoms with Crippen LogP contribution in [-0.4, -0.2) is 12.5 Å². The third-order valence-electron chi connectivity index (χ3n) is 1.89. The maximum Gasteiger partial charge on any atom is 0.334 e. The first kappa shape index (κ1) is 12.7. The zero-order valence-electron chi connectivity index (χ0n) is 7.13. The molecular formula is C7H6I2O6. The average Bonchev–Trinajstić information content (AvgIpc) is 2.16. The molecule has 0 fully saturated rings. The maximum absolute atomic E-state index is 11.1. The van der Waals surface area contributed by atoms with E-state index in [4.69, 9.17) is 5.11 Å². The molecule has 0 aromatic carbocycles. The minimum Gasteiger partial charge on any atom is -0.481 e. The Kier molecular flexibility index (Phi) is 3.92. The molecule has 0 aliphatic heterocycles. The van der Waals surface area contributed by atoms with Crippen molar-refractivity contribution >= 4 is 45.6 Å². The molecule has 15 heavy (non-hydrogen) atoms. The van der Waals surface area contributed by atoms with Crippen molar-refractivity contribution in [2.24, 2.45) is 5.92 Å². The predicted molar refractivity (Wildman–Crippen MR) is 62.9 cm³/mol. The standard InChI is InChI=1S/C7H6I2O6/c10-6(11)5-3-1-2-4-7(5,8(12)13)9(14)15/h1-5H,(H,10,11). The van der Waals surface area contributed by atoms with Gasteiger partial charge in [-0.1, -0.05) is 18.2 Å². The Hall–Kier alpha value is -0.390. The molecule has 0 radical (unpaired) electrons. The molecule has 0 saturated heterocycles. The molecule has 0 saturated carbocycles. The lowest BCUT2D eigenvalue weighted by Crippen LogP contribution is -2.32. The molecule has 1 aliphatic carbocycles. The van der Waals surface area contributed by atoms with Crippen molar-refractivity contribution < 1.29 is 22.2 Å². The molecular weight excluding hydrogens is 434 g/mol. The highest BCUT2D eigenvalue weighted by Crippen LogP contribution is 2.53. The highest BCUT2D eigenvalue weighted by Gasteiger charge is 2.52. The highest BCUT2D eigenvalue weighted by molar-refractivity contribution is 14.3. The average molecular weight is 440 g/mol.